The van der Waals surface area contributed by atoms with Crippen LogP contribution in [0.25, 0.3) is 0 Å². The van der Waals surface area contributed by atoms with E-state index in [4.69, 9.17) is 4.74 Å². The molecular formula is C19H24N2O4S. The van der Waals surface area contributed by atoms with Crippen molar-refractivity contribution in [3.05, 3.63) is 54.1 Å². The molecule has 0 bridgehead atoms. The summed E-state index contributed by atoms with van der Waals surface area (Å²) < 4.78 is 30.0. The Morgan fingerprint density at radius 2 is 1.85 bits per heavy atom. The van der Waals surface area contributed by atoms with Gasteiger partial charge < -0.3 is 10.1 Å². The normalized spacial score (nSPS) is 11.0. The molecule has 1 amide bonds. The summed E-state index contributed by atoms with van der Waals surface area (Å²) in [5.74, 6) is 0.643. The number of hydrogen-bond acceptors (Lipinski definition) is 4. The van der Waals surface area contributed by atoms with Gasteiger partial charge in [-0.2, -0.15) is 0 Å². The minimum Gasteiger partial charge on any atom is -0.494 e. The van der Waals surface area contributed by atoms with Crippen LogP contribution in [0.15, 0.2) is 48.5 Å². The van der Waals surface area contributed by atoms with E-state index in [1.54, 1.807) is 24.3 Å². The summed E-state index contributed by atoms with van der Waals surface area (Å²) in [5.41, 5.74) is 2.22. The lowest BCUT2D eigenvalue weighted by Gasteiger charge is -2.17. The van der Waals surface area contributed by atoms with Gasteiger partial charge in [-0.3, -0.25) is 9.10 Å². The van der Waals surface area contributed by atoms with Gasteiger partial charge in [0.2, 0.25) is 15.9 Å². The summed E-state index contributed by atoms with van der Waals surface area (Å²) >= 11 is 0. The first kappa shape index (κ1) is 19.8. The number of rotatable bonds is 8. The van der Waals surface area contributed by atoms with Crippen LogP contribution in [0, 0.1) is 6.92 Å². The third-order valence-corrected chi connectivity index (χ3v) is 5.03. The Bertz CT molecular complexity index is 848. The number of hydrogen-bond donors (Lipinski definition) is 1. The van der Waals surface area contributed by atoms with Gasteiger partial charge >= 0.3 is 0 Å². The van der Waals surface area contributed by atoms with Crippen LogP contribution in [-0.2, 0) is 14.8 Å². The number of carbonyl (C=O) groups is 1. The van der Waals surface area contributed by atoms with E-state index in [1.165, 1.54) is 12.6 Å². The lowest BCUT2D eigenvalue weighted by Crippen LogP contribution is -2.24. The van der Waals surface area contributed by atoms with E-state index in [-0.39, 0.29) is 5.91 Å². The van der Waals surface area contributed by atoms with Crippen LogP contribution in [0.4, 0.5) is 11.4 Å². The Hall–Kier alpha value is -2.54. The van der Waals surface area contributed by atoms with Crippen LogP contribution in [0.5, 0.6) is 5.75 Å². The maximum atomic E-state index is 12.0. The highest BCUT2D eigenvalue weighted by Gasteiger charge is 2.12. The Kier molecular flexibility index (Phi) is 6.63. The molecule has 0 saturated carbocycles. The summed E-state index contributed by atoms with van der Waals surface area (Å²) in [7, 11) is -1.87. The highest BCUT2D eigenvalue weighted by Crippen LogP contribution is 2.20. The molecule has 140 valence electrons. The van der Waals surface area contributed by atoms with Gasteiger partial charge in [0.1, 0.15) is 5.75 Å². The van der Waals surface area contributed by atoms with Crippen molar-refractivity contribution >= 4 is 27.3 Å². The van der Waals surface area contributed by atoms with Crippen LogP contribution in [0.1, 0.15) is 18.4 Å². The van der Waals surface area contributed by atoms with Crippen molar-refractivity contribution in [2.45, 2.75) is 19.8 Å². The number of carbonyl (C=O) groups excluding carboxylic acids is 1. The fourth-order valence-corrected chi connectivity index (χ4v) is 2.75. The number of aryl methyl sites for hydroxylation is 1. The number of nitrogens with zero attached hydrogens (tertiary/aromatic N) is 1. The molecule has 0 radical (unpaired) electrons. The van der Waals surface area contributed by atoms with E-state index in [9.17, 15) is 13.2 Å². The summed E-state index contributed by atoms with van der Waals surface area (Å²) in [5, 5.41) is 2.78. The quantitative estimate of drug-likeness (QED) is 0.718. The first-order valence-electron chi connectivity index (χ1n) is 8.29. The third-order valence-electron chi connectivity index (χ3n) is 3.83. The van der Waals surface area contributed by atoms with Gasteiger partial charge in [0.25, 0.3) is 0 Å². The van der Waals surface area contributed by atoms with Crippen LogP contribution in [-0.4, -0.2) is 34.2 Å². The Labute approximate surface area is 154 Å². The molecular weight excluding hydrogens is 352 g/mol. The van der Waals surface area contributed by atoms with Crippen LogP contribution in [0.3, 0.4) is 0 Å². The highest BCUT2D eigenvalue weighted by atomic mass is 32.2. The predicted octanol–water partition coefficient (Wildman–Crippen LogP) is 3.19. The van der Waals surface area contributed by atoms with Gasteiger partial charge in [0.15, 0.2) is 0 Å². The predicted molar refractivity (Wildman–Crippen MR) is 104 cm³/mol. The first-order chi connectivity index (χ1) is 12.3. The van der Waals surface area contributed by atoms with E-state index >= 15 is 0 Å². The molecule has 1 N–H and O–H groups in total. The van der Waals surface area contributed by atoms with E-state index in [1.807, 2.05) is 31.2 Å². The molecule has 0 spiro atoms. The van der Waals surface area contributed by atoms with E-state index in [0.717, 1.165) is 16.3 Å². The minimum absolute atomic E-state index is 0.142. The van der Waals surface area contributed by atoms with Gasteiger partial charge in [0.05, 0.1) is 18.6 Å². The topological polar surface area (TPSA) is 75.7 Å². The minimum atomic E-state index is -3.34. The van der Waals surface area contributed by atoms with Gasteiger partial charge in [-0.25, -0.2) is 8.42 Å². The zero-order valence-corrected chi connectivity index (χ0v) is 16.0. The Balaban J connectivity index is 1.81. The third kappa shape index (κ3) is 6.07. The van der Waals surface area contributed by atoms with Gasteiger partial charge in [0, 0.05) is 19.2 Å². The smallest absolute Gasteiger partial charge is 0.231 e. The standard InChI is InChI=1S/C19H24N2O4S/c1-15-9-11-18(12-10-15)25-13-5-8-19(22)20-16-6-4-7-17(14-16)21(2)26(3,23)24/h4,6-7,9-12,14H,5,8,13H2,1-3H3,(H,20,22). The summed E-state index contributed by atoms with van der Waals surface area (Å²) in [6, 6.07) is 14.5. The van der Waals surface area contributed by atoms with Crippen molar-refractivity contribution in [3.8, 4) is 5.75 Å². The molecule has 2 rings (SSSR count). The molecule has 6 nitrogen and oxygen atoms in total. The molecule has 0 aliphatic rings. The zero-order chi connectivity index (χ0) is 19.2. The molecule has 26 heavy (non-hydrogen) atoms. The second kappa shape index (κ2) is 8.71. The van der Waals surface area contributed by atoms with E-state index in [2.05, 4.69) is 5.32 Å². The second-order valence-corrected chi connectivity index (χ2v) is 8.11. The molecule has 2 aromatic carbocycles. The van der Waals surface area contributed by atoms with Crippen molar-refractivity contribution in [1.82, 2.24) is 0 Å². The van der Waals surface area contributed by atoms with Gasteiger partial charge in [-0.1, -0.05) is 23.8 Å². The Morgan fingerprint density at radius 3 is 2.50 bits per heavy atom. The van der Waals surface area contributed by atoms with Crippen LogP contribution in [0.2, 0.25) is 0 Å². The first-order valence-corrected chi connectivity index (χ1v) is 10.1. The van der Waals surface area contributed by atoms with Gasteiger partial charge in [-0.15, -0.1) is 0 Å². The highest BCUT2D eigenvalue weighted by molar-refractivity contribution is 7.92. The average Bonchev–Trinajstić information content (AvgIpc) is 2.59. The molecule has 0 unspecified atom stereocenters. The number of sulfonamides is 1. The van der Waals surface area contributed by atoms with Gasteiger partial charge in [-0.05, 0) is 43.7 Å². The maximum absolute atomic E-state index is 12.0. The lowest BCUT2D eigenvalue weighted by molar-refractivity contribution is -0.116. The largest absolute Gasteiger partial charge is 0.494 e. The maximum Gasteiger partial charge on any atom is 0.231 e. The van der Waals surface area contributed by atoms with Crippen molar-refractivity contribution in [1.29, 1.82) is 0 Å². The Morgan fingerprint density at radius 1 is 1.15 bits per heavy atom. The summed E-state index contributed by atoms with van der Waals surface area (Å²) in [4.78, 5) is 12.0. The van der Waals surface area contributed by atoms with E-state index in [0.29, 0.717) is 30.8 Å². The fourth-order valence-electron chi connectivity index (χ4n) is 2.25. The summed E-state index contributed by atoms with van der Waals surface area (Å²) in [6.07, 6.45) is 2.03. The number of amides is 1. The van der Waals surface area contributed by atoms with Crippen molar-refractivity contribution in [2.24, 2.45) is 0 Å². The monoisotopic (exact) mass is 376 g/mol. The molecule has 0 aromatic heterocycles. The molecule has 0 atom stereocenters. The number of nitrogens with one attached hydrogen (secondary N) is 1. The molecule has 0 heterocycles. The molecule has 0 aliphatic carbocycles. The van der Waals surface area contributed by atoms with E-state index < -0.39 is 10.0 Å². The number of benzene rings is 2. The van der Waals surface area contributed by atoms with Crippen LogP contribution < -0.4 is 14.4 Å². The van der Waals surface area contributed by atoms with Crippen molar-refractivity contribution in [3.63, 3.8) is 0 Å². The summed E-state index contributed by atoms with van der Waals surface area (Å²) in [6.45, 7) is 2.46. The van der Waals surface area contributed by atoms with Crippen molar-refractivity contribution < 1.29 is 17.9 Å². The molecule has 2 aromatic rings. The van der Waals surface area contributed by atoms with Crippen molar-refractivity contribution in [2.75, 3.05) is 29.5 Å². The molecule has 0 fully saturated rings. The number of anilines is 2. The molecule has 7 heteroatoms. The molecule has 0 aliphatic heterocycles. The van der Waals surface area contributed by atoms with Crippen LogP contribution >= 0.6 is 0 Å². The molecule has 0 saturated heterocycles. The fraction of sp³-hybridized carbons (Fsp3) is 0.316. The average molecular weight is 376 g/mol. The SMILES string of the molecule is Cc1ccc(OCCCC(=O)Nc2cccc(N(C)S(C)(=O)=O)c2)cc1. The lowest BCUT2D eigenvalue weighted by atomic mass is 10.2. The zero-order valence-electron chi connectivity index (χ0n) is 15.2. The second-order valence-electron chi connectivity index (χ2n) is 6.09. The number of ether oxygens (including phenoxy) is 1.